The molecule has 0 radical (unpaired) electrons. The van der Waals surface area contributed by atoms with E-state index in [0.717, 1.165) is 51.3 Å². The van der Waals surface area contributed by atoms with E-state index >= 15 is 0 Å². The molecule has 0 spiro atoms. The maximum atomic E-state index is 13.0. The van der Waals surface area contributed by atoms with Crippen LogP contribution < -0.4 is 4.90 Å². The first kappa shape index (κ1) is 19.6. The SMILES string of the molecule is CCC(C(=O)c1ccc(N2CCOCC2)cc1)N(C)CCc1ccccc1. The molecule has 0 saturated carbocycles. The number of benzene rings is 2. The van der Waals surface area contributed by atoms with Crippen LogP contribution in [-0.2, 0) is 11.2 Å². The third-order valence-corrected chi connectivity index (χ3v) is 5.35. The van der Waals surface area contributed by atoms with Crippen LogP contribution in [-0.4, -0.2) is 56.6 Å². The second-order valence-electron chi connectivity index (χ2n) is 7.15. The number of nitrogens with zero attached hydrogens (tertiary/aromatic N) is 2. The quantitative estimate of drug-likeness (QED) is 0.668. The Bertz CT molecular complexity index is 709. The van der Waals surface area contributed by atoms with E-state index in [1.807, 2.05) is 18.2 Å². The van der Waals surface area contributed by atoms with Crippen molar-refractivity contribution in [2.24, 2.45) is 0 Å². The molecule has 1 unspecified atom stereocenters. The number of ketones is 1. The van der Waals surface area contributed by atoms with Gasteiger partial charge in [0.2, 0.25) is 0 Å². The predicted molar refractivity (Wildman–Crippen MR) is 111 cm³/mol. The minimum absolute atomic E-state index is 0.0806. The van der Waals surface area contributed by atoms with Crippen molar-refractivity contribution in [1.82, 2.24) is 4.90 Å². The summed E-state index contributed by atoms with van der Waals surface area (Å²) >= 11 is 0. The van der Waals surface area contributed by atoms with Gasteiger partial charge in [-0.25, -0.2) is 0 Å². The lowest BCUT2D eigenvalue weighted by Crippen LogP contribution is -2.39. The van der Waals surface area contributed by atoms with Crippen LogP contribution in [0.2, 0.25) is 0 Å². The topological polar surface area (TPSA) is 32.8 Å². The molecular weight excluding hydrogens is 336 g/mol. The Labute approximate surface area is 162 Å². The third-order valence-electron chi connectivity index (χ3n) is 5.35. The van der Waals surface area contributed by atoms with Gasteiger partial charge in [-0.05, 0) is 49.7 Å². The van der Waals surface area contributed by atoms with Crippen LogP contribution in [0.5, 0.6) is 0 Å². The zero-order valence-electron chi connectivity index (χ0n) is 16.4. The van der Waals surface area contributed by atoms with Gasteiger partial charge in [-0.1, -0.05) is 37.3 Å². The van der Waals surface area contributed by atoms with E-state index in [2.05, 4.69) is 60.2 Å². The number of carbonyl (C=O) groups excluding carboxylic acids is 1. The molecule has 3 rings (SSSR count). The second kappa shape index (κ2) is 9.67. The van der Waals surface area contributed by atoms with Gasteiger partial charge < -0.3 is 9.64 Å². The van der Waals surface area contributed by atoms with Crippen molar-refractivity contribution >= 4 is 11.5 Å². The summed E-state index contributed by atoms with van der Waals surface area (Å²) in [4.78, 5) is 17.5. The molecule has 2 aromatic carbocycles. The normalized spacial score (nSPS) is 15.7. The number of ether oxygens (including phenoxy) is 1. The summed E-state index contributed by atoms with van der Waals surface area (Å²) in [6, 6.07) is 18.4. The molecule has 4 nitrogen and oxygen atoms in total. The molecule has 0 aliphatic carbocycles. The molecule has 1 heterocycles. The Morgan fingerprint density at radius 2 is 1.74 bits per heavy atom. The zero-order chi connectivity index (χ0) is 19.1. The van der Waals surface area contributed by atoms with Crippen molar-refractivity contribution in [2.45, 2.75) is 25.8 Å². The van der Waals surface area contributed by atoms with Gasteiger partial charge in [0.05, 0.1) is 19.3 Å². The highest BCUT2D eigenvalue weighted by molar-refractivity contribution is 6.00. The summed E-state index contributed by atoms with van der Waals surface area (Å²) in [5.41, 5.74) is 3.27. The average molecular weight is 367 g/mol. The molecule has 2 aromatic rings. The van der Waals surface area contributed by atoms with Gasteiger partial charge in [-0.3, -0.25) is 9.69 Å². The van der Waals surface area contributed by atoms with Crippen LogP contribution in [0, 0.1) is 0 Å². The Hall–Kier alpha value is -2.17. The fraction of sp³-hybridized carbons (Fsp3) is 0.435. The van der Waals surface area contributed by atoms with E-state index in [1.165, 1.54) is 11.3 Å². The number of anilines is 1. The summed E-state index contributed by atoms with van der Waals surface area (Å²) in [5, 5.41) is 0. The number of likely N-dealkylation sites (N-methyl/N-ethyl adjacent to an activating group) is 1. The van der Waals surface area contributed by atoms with Gasteiger partial charge in [-0.15, -0.1) is 0 Å². The fourth-order valence-corrected chi connectivity index (χ4v) is 3.65. The van der Waals surface area contributed by atoms with Gasteiger partial charge >= 0.3 is 0 Å². The Morgan fingerprint density at radius 1 is 1.07 bits per heavy atom. The molecule has 27 heavy (non-hydrogen) atoms. The largest absolute Gasteiger partial charge is 0.378 e. The van der Waals surface area contributed by atoms with Crippen molar-refractivity contribution in [3.63, 3.8) is 0 Å². The molecular formula is C23H30N2O2. The lowest BCUT2D eigenvalue weighted by atomic mass is 10.00. The van der Waals surface area contributed by atoms with Gasteiger partial charge in [0.25, 0.3) is 0 Å². The first-order valence-corrected chi connectivity index (χ1v) is 9.90. The highest BCUT2D eigenvalue weighted by atomic mass is 16.5. The van der Waals surface area contributed by atoms with Crippen molar-refractivity contribution < 1.29 is 9.53 Å². The second-order valence-corrected chi connectivity index (χ2v) is 7.15. The van der Waals surface area contributed by atoms with Crippen LogP contribution in [0.25, 0.3) is 0 Å². The smallest absolute Gasteiger partial charge is 0.179 e. The first-order chi connectivity index (χ1) is 13.2. The Morgan fingerprint density at radius 3 is 2.37 bits per heavy atom. The predicted octanol–water partition coefficient (Wildman–Crippen LogP) is 3.66. The molecule has 0 bridgehead atoms. The summed E-state index contributed by atoms with van der Waals surface area (Å²) in [6.45, 7) is 6.32. The highest BCUT2D eigenvalue weighted by Gasteiger charge is 2.22. The molecule has 1 saturated heterocycles. The minimum atomic E-state index is -0.0806. The molecule has 0 aromatic heterocycles. The van der Waals surface area contributed by atoms with E-state index in [1.54, 1.807) is 0 Å². The van der Waals surface area contributed by atoms with Crippen molar-refractivity contribution in [1.29, 1.82) is 0 Å². The fourth-order valence-electron chi connectivity index (χ4n) is 3.65. The van der Waals surface area contributed by atoms with E-state index in [0.29, 0.717) is 0 Å². The maximum Gasteiger partial charge on any atom is 0.179 e. The van der Waals surface area contributed by atoms with Gasteiger partial charge in [-0.2, -0.15) is 0 Å². The van der Waals surface area contributed by atoms with Crippen LogP contribution in [0.1, 0.15) is 29.3 Å². The Balaban J connectivity index is 1.61. The summed E-state index contributed by atoms with van der Waals surface area (Å²) < 4.78 is 5.41. The first-order valence-electron chi connectivity index (χ1n) is 9.90. The van der Waals surface area contributed by atoms with E-state index < -0.39 is 0 Å². The number of hydrogen-bond donors (Lipinski definition) is 0. The lowest BCUT2D eigenvalue weighted by Gasteiger charge is -2.29. The van der Waals surface area contributed by atoms with Gasteiger partial charge in [0.15, 0.2) is 5.78 Å². The van der Waals surface area contributed by atoms with Gasteiger partial charge in [0.1, 0.15) is 0 Å². The summed E-state index contributed by atoms with van der Waals surface area (Å²) in [6.07, 6.45) is 1.77. The standard InChI is InChI=1S/C23H30N2O2/c1-3-22(24(2)14-13-19-7-5-4-6-8-19)23(26)20-9-11-21(12-10-20)25-15-17-27-18-16-25/h4-12,22H,3,13-18H2,1-2H3. The summed E-state index contributed by atoms with van der Waals surface area (Å²) in [5.74, 6) is 0.210. The molecule has 144 valence electrons. The molecule has 0 amide bonds. The molecule has 1 aliphatic rings. The van der Waals surface area contributed by atoms with E-state index in [4.69, 9.17) is 4.74 Å². The molecule has 1 aliphatic heterocycles. The monoisotopic (exact) mass is 366 g/mol. The Kier molecular flexibility index (Phi) is 7.02. The molecule has 4 heteroatoms. The number of Topliss-reactive ketones (excluding diaryl/α,β-unsaturated/α-hetero) is 1. The molecule has 1 fully saturated rings. The van der Waals surface area contributed by atoms with E-state index in [9.17, 15) is 4.79 Å². The van der Waals surface area contributed by atoms with Crippen LogP contribution in [0.3, 0.4) is 0 Å². The number of hydrogen-bond acceptors (Lipinski definition) is 4. The maximum absolute atomic E-state index is 13.0. The molecule has 0 N–H and O–H groups in total. The molecule has 1 atom stereocenters. The summed E-state index contributed by atoms with van der Waals surface area (Å²) in [7, 11) is 2.05. The van der Waals surface area contributed by atoms with Gasteiger partial charge in [0, 0.05) is 30.9 Å². The van der Waals surface area contributed by atoms with Crippen LogP contribution in [0.15, 0.2) is 54.6 Å². The van der Waals surface area contributed by atoms with Crippen molar-refractivity contribution in [3.8, 4) is 0 Å². The highest BCUT2D eigenvalue weighted by Crippen LogP contribution is 2.19. The zero-order valence-corrected chi connectivity index (χ0v) is 16.4. The van der Waals surface area contributed by atoms with E-state index in [-0.39, 0.29) is 11.8 Å². The minimum Gasteiger partial charge on any atom is -0.378 e. The number of carbonyl (C=O) groups is 1. The average Bonchev–Trinajstić information content (AvgIpc) is 2.74. The number of morpholine rings is 1. The van der Waals surface area contributed by atoms with Crippen LogP contribution >= 0.6 is 0 Å². The third kappa shape index (κ3) is 5.18. The number of rotatable bonds is 8. The van der Waals surface area contributed by atoms with Crippen molar-refractivity contribution in [3.05, 3.63) is 65.7 Å². The lowest BCUT2D eigenvalue weighted by molar-refractivity contribution is 0.0847. The van der Waals surface area contributed by atoms with Crippen molar-refractivity contribution in [2.75, 3.05) is 44.8 Å². The van der Waals surface area contributed by atoms with Crippen LogP contribution in [0.4, 0.5) is 5.69 Å².